The van der Waals surface area contributed by atoms with Crippen molar-refractivity contribution in [1.29, 1.82) is 0 Å². The highest BCUT2D eigenvalue weighted by molar-refractivity contribution is 5.28. The number of aromatic nitrogens is 2. The molecule has 4 heteroatoms. The van der Waals surface area contributed by atoms with E-state index in [-0.39, 0.29) is 5.60 Å². The maximum Gasteiger partial charge on any atom is 0.119 e. The zero-order chi connectivity index (χ0) is 18.2. The van der Waals surface area contributed by atoms with Crippen LogP contribution in [0.3, 0.4) is 0 Å². The second-order valence-electron chi connectivity index (χ2n) is 6.84. The Hall–Kier alpha value is -2.72. The minimum atomic E-state index is -0.268. The number of ether oxygens (including phenoxy) is 2. The zero-order valence-corrected chi connectivity index (χ0v) is 15.3. The van der Waals surface area contributed by atoms with E-state index >= 15 is 0 Å². The molecule has 3 rings (SSSR count). The van der Waals surface area contributed by atoms with Crippen LogP contribution in [0.15, 0.2) is 73.2 Å². The van der Waals surface area contributed by atoms with Crippen molar-refractivity contribution < 1.29 is 9.47 Å². The lowest BCUT2D eigenvalue weighted by atomic mass is 9.98. The first-order chi connectivity index (χ1) is 12.6. The van der Waals surface area contributed by atoms with Gasteiger partial charge in [-0.1, -0.05) is 24.3 Å². The summed E-state index contributed by atoms with van der Waals surface area (Å²) < 4.78 is 11.9. The maximum absolute atomic E-state index is 6.05. The molecule has 0 amide bonds. The van der Waals surface area contributed by atoms with Gasteiger partial charge in [0.2, 0.25) is 0 Å². The maximum atomic E-state index is 6.05. The number of hydrogen-bond acceptors (Lipinski definition) is 4. The minimum absolute atomic E-state index is 0.268. The van der Waals surface area contributed by atoms with E-state index < -0.39 is 0 Å². The van der Waals surface area contributed by atoms with Gasteiger partial charge < -0.3 is 9.47 Å². The molecule has 0 atom stereocenters. The molecular formula is C22H24N2O2. The molecule has 3 aromatic rings. The molecule has 0 aliphatic heterocycles. The lowest BCUT2D eigenvalue weighted by Gasteiger charge is -2.25. The smallest absolute Gasteiger partial charge is 0.119 e. The standard InChI is InChI=1S/C22H24N2O2/c1-22(2,26-17-20-7-3-4-13-24-20)14-18-8-10-21(11-9-18)25-16-19-6-5-12-23-15-19/h3-13,15H,14,16-17H2,1-2H3. The van der Waals surface area contributed by atoms with Crippen LogP contribution in [0.4, 0.5) is 0 Å². The van der Waals surface area contributed by atoms with E-state index in [4.69, 9.17) is 9.47 Å². The van der Waals surface area contributed by atoms with Crippen LogP contribution in [-0.2, 0) is 24.4 Å². The summed E-state index contributed by atoms with van der Waals surface area (Å²) in [5.74, 6) is 0.852. The van der Waals surface area contributed by atoms with E-state index in [1.54, 1.807) is 12.4 Å². The SMILES string of the molecule is CC(C)(Cc1ccc(OCc2cccnc2)cc1)OCc1ccccn1. The molecule has 134 valence electrons. The normalized spacial score (nSPS) is 11.3. The van der Waals surface area contributed by atoms with Gasteiger partial charge in [0.05, 0.1) is 17.9 Å². The molecule has 0 saturated carbocycles. The van der Waals surface area contributed by atoms with Crippen LogP contribution in [0.1, 0.15) is 30.7 Å². The van der Waals surface area contributed by atoms with Crippen molar-refractivity contribution in [2.24, 2.45) is 0 Å². The van der Waals surface area contributed by atoms with Gasteiger partial charge in [-0.05, 0) is 49.7 Å². The summed E-state index contributed by atoms with van der Waals surface area (Å²) in [6.07, 6.45) is 6.18. The lowest BCUT2D eigenvalue weighted by Crippen LogP contribution is -2.27. The molecule has 0 spiro atoms. The van der Waals surface area contributed by atoms with E-state index in [0.717, 1.165) is 23.4 Å². The third-order valence-electron chi connectivity index (χ3n) is 4.02. The fourth-order valence-corrected chi connectivity index (χ4v) is 2.65. The van der Waals surface area contributed by atoms with Crippen molar-refractivity contribution >= 4 is 0 Å². The molecule has 2 heterocycles. The topological polar surface area (TPSA) is 44.2 Å². The Labute approximate surface area is 154 Å². The quantitative estimate of drug-likeness (QED) is 0.597. The first-order valence-electron chi connectivity index (χ1n) is 8.75. The predicted molar refractivity (Wildman–Crippen MR) is 102 cm³/mol. The molecule has 0 N–H and O–H groups in total. The minimum Gasteiger partial charge on any atom is -0.489 e. The van der Waals surface area contributed by atoms with Gasteiger partial charge >= 0.3 is 0 Å². The highest BCUT2D eigenvalue weighted by Gasteiger charge is 2.19. The molecule has 0 bridgehead atoms. The second-order valence-corrected chi connectivity index (χ2v) is 6.84. The van der Waals surface area contributed by atoms with Crippen molar-refractivity contribution in [3.05, 3.63) is 90.0 Å². The number of pyridine rings is 2. The van der Waals surface area contributed by atoms with Crippen molar-refractivity contribution in [2.45, 2.75) is 39.1 Å². The van der Waals surface area contributed by atoms with Crippen LogP contribution in [0, 0.1) is 0 Å². The molecule has 0 fully saturated rings. The summed E-state index contributed by atoms with van der Waals surface area (Å²) in [6.45, 7) is 5.23. The van der Waals surface area contributed by atoms with Crippen LogP contribution in [0.2, 0.25) is 0 Å². The number of rotatable bonds is 8. The highest BCUT2D eigenvalue weighted by Crippen LogP contribution is 2.21. The van der Waals surface area contributed by atoms with Crippen molar-refractivity contribution in [1.82, 2.24) is 9.97 Å². The largest absolute Gasteiger partial charge is 0.489 e. The van der Waals surface area contributed by atoms with Crippen molar-refractivity contribution in [3.8, 4) is 5.75 Å². The molecule has 2 aromatic heterocycles. The zero-order valence-electron chi connectivity index (χ0n) is 15.3. The number of nitrogens with zero attached hydrogens (tertiary/aromatic N) is 2. The Kier molecular flexibility index (Phi) is 5.97. The summed E-state index contributed by atoms with van der Waals surface area (Å²) >= 11 is 0. The molecule has 1 aromatic carbocycles. The highest BCUT2D eigenvalue weighted by atomic mass is 16.5. The molecule has 0 saturated heterocycles. The Morgan fingerprint density at radius 2 is 1.69 bits per heavy atom. The van der Waals surface area contributed by atoms with Crippen molar-refractivity contribution in [3.63, 3.8) is 0 Å². The Bertz CT molecular complexity index is 787. The number of hydrogen-bond donors (Lipinski definition) is 0. The van der Waals surface area contributed by atoms with Gasteiger partial charge in [-0.2, -0.15) is 0 Å². The van der Waals surface area contributed by atoms with Crippen LogP contribution in [-0.4, -0.2) is 15.6 Å². The third-order valence-corrected chi connectivity index (χ3v) is 4.02. The average molecular weight is 348 g/mol. The van der Waals surface area contributed by atoms with Gasteiger partial charge in [0.15, 0.2) is 0 Å². The van der Waals surface area contributed by atoms with Gasteiger partial charge in [0.1, 0.15) is 12.4 Å². The summed E-state index contributed by atoms with van der Waals surface area (Å²) in [6, 6.07) is 18.0. The summed E-state index contributed by atoms with van der Waals surface area (Å²) in [4.78, 5) is 8.39. The van der Waals surface area contributed by atoms with Crippen LogP contribution in [0.25, 0.3) is 0 Å². The Morgan fingerprint density at radius 3 is 2.38 bits per heavy atom. The number of benzene rings is 1. The summed E-state index contributed by atoms with van der Waals surface area (Å²) in [7, 11) is 0. The van der Waals surface area contributed by atoms with E-state index in [0.29, 0.717) is 13.2 Å². The first kappa shape index (κ1) is 18.1. The molecule has 26 heavy (non-hydrogen) atoms. The monoisotopic (exact) mass is 348 g/mol. The van der Waals surface area contributed by atoms with Crippen LogP contribution >= 0.6 is 0 Å². The fourth-order valence-electron chi connectivity index (χ4n) is 2.65. The molecule has 0 radical (unpaired) electrons. The average Bonchev–Trinajstić information content (AvgIpc) is 2.67. The van der Waals surface area contributed by atoms with Gasteiger partial charge in [0.25, 0.3) is 0 Å². The molecule has 0 aliphatic rings. The van der Waals surface area contributed by atoms with E-state index in [9.17, 15) is 0 Å². The summed E-state index contributed by atoms with van der Waals surface area (Å²) in [5.41, 5.74) is 2.94. The fraction of sp³-hybridized carbons (Fsp3) is 0.273. The second kappa shape index (κ2) is 8.59. The van der Waals surface area contributed by atoms with Gasteiger partial charge in [-0.25, -0.2) is 0 Å². The molecule has 0 aliphatic carbocycles. The Balaban J connectivity index is 1.51. The van der Waals surface area contributed by atoms with Gasteiger partial charge in [-0.15, -0.1) is 0 Å². The molecule has 0 unspecified atom stereocenters. The van der Waals surface area contributed by atoms with Crippen LogP contribution in [0.5, 0.6) is 5.75 Å². The van der Waals surface area contributed by atoms with E-state index in [1.165, 1.54) is 5.56 Å². The van der Waals surface area contributed by atoms with Crippen LogP contribution < -0.4 is 4.74 Å². The van der Waals surface area contributed by atoms with Gasteiger partial charge in [0, 0.05) is 30.6 Å². The van der Waals surface area contributed by atoms with Gasteiger partial charge in [-0.3, -0.25) is 9.97 Å². The predicted octanol–water partition coefficient (Wildman–Crippen LogP) is 4.59. The first-order valence-corrected chi connectivity index (χ1v) is 8.75. The third kappa shape index (κ3) is 5.67. The van der Waals surface area contributed by atoms with Crippen molar-refractivity contribution in [2.75, 3.05) is 0 Å². The molecule has 4 nitrogen and oxygen atoms in total. The summed E-state index contributed by atoms with van der Waals surface area (Å²) in [5, 5.41) is 0. The molecular weight excluding hydrogens is 324 g/mol. The van der Waals surface area contributed by atoms with E-state index in [1.807, 2.05) is 48.7 Å². The lowest BCUT2D eigenvalue weighted by molar-refractivity contribution is -0.0301. The Morgan fingerprint density at radius 1 is 0.846 bits per heavy atom. The van der Waals surface area contributed by atoms with E-state index in [2.05, 4.69) is 35.9 Å².